The second-order valence-corrected chi connectivity index (χ2v) is 8.78. The highest BCUT2D eigenvalue weighted by Crippen LogP contribution is 2.33. The Kier molecular flexibility index (Phi) is 4.92. The van der Waals surface area contributed by atoms with Crippen molar-refractivity contribution in [3.63, 3.8) is 0 Å². The quantitative estimate of drug-likeness (QED) is 0.421. The van der Waals surface area contributed by atoms with E-state index in [1.165, 1.54) is 30.5 Å². The summed E-state index contributed by atoms with van der Waals surface area (Å²) in [4.78, 5) is -0.742. The minimum absolute atomic E-state index is 0.0275. The Morgan fingerprint density at radius 2 is 1.97 bits per heavy atom. The van der Waals surface area contributed by atoms with Crippen LogP contribution in [0.3, 0.4) is 0 Å². The lowest BCUT2D eigenvalue weighted by atomic mass is 10.2. The minimum atomic E-state index is -4.19. The molecule has 6 nitrogen and oxygen atoms in total. The van der Waals surface area contributed by atoms with Crippen LogP contribution in [-0.4, -0.2) is 18.6 Å². The SMILES string of the molecule is N#C/C(=C/c1cn[nH]c1-c1cc2ccccc2o1)S(=O)(=O)c1cc(Cl)ccc1Cl. The molecular formula is C20H11Cl2N3O3S. The predicted octanol–water partition coefficient (Wildman–Crippen LogP) is 5.47. The molecule has 144 valence electrons. The van der Waals surface area contributed by atoms with E-state index in [0.29, 0.717) is 22.6 Å². The van der Waals surface area contributed by atoms with Crippen LogP contribution in [0.1, 0.15) is 5.56 Å². The molecule has 4 aromatic rings. The molecule has 2 aromatic carbocycles. The molecule has 0 aliphatic carbocycles. The van der Waals surface area contributed by atoms with Crippen molar-refractivity contribution < 1.29 is 12.8 Å². The zero-order valence-electron chi connectivity index (χ0n) is 14.6. The van der Waals surface area contributed by atoms with Gasteiger partial charge in [0.1, 0.15) is 22.3 Å². The summed E-state index contributed by atoms with van der Waals surface area (Å²) in [6.45, 7) is 0. The van der Waals surface area contributed by atoms with E-state index in [9.17, 15) is 13.7 Å². The number of furan rings is 1. The number of sulfone groups is 1. The van der Waals surface area contributed by atoms with E-state index < -0.39 is 14.7 Å². The van der Waals surface area contributed by atoms with Crippen LogP contribution in [0, 0.1) is 11.3 Å². The van der Waals surface area contributed by atoms with E-state index in [1.807, 2.05) is 24.3 Å². The lowest BCUT2D eigenvalue weighted by Crippen LogP contribution is -2.04. The molecule has 29 heavy (non-hydrogen) atoms. The van der Waals surface area contributed by atoms with Crippen LogP contribution in [-0.2, 0) is 9.84 Å². The number of nitrogens with one attached hydrogen (secondary N) is 1. The van der Waals surface area contributed by atoms with Crippen molar-refractivity contribution in [2.75, 3.05) is 0 Å². The van der Waals surface area contributed by atoms with E-state index in [2.05, 4.69) is 10.2 Å². The number of halogens is 2. The number of allylic oxidation sites excluding steroid dienone is 1. The molecule has 0 fully saturated rings. The first-order chi connectivity index (χ1) is 13.9. The summed E-state index contributed by atoms with van der Waals surface area (Å²) in [7, 11) is -4.19. The largest absolute Gasteiger partial charge is 0.454 e. The third-order valence-corrected chi connectivity index (χ3v) is 6.59. The number of benzene rings is 2. The molecule has 0 aliphatic rings. The van der Waals surface area contributed by atoms with Crippen LogP contribution in [0.5, 0.6) is 0 Å². The highest BCUT2D eigenvalue weighted by Gasteiger charge is 2.25. The Balaban J connectivity index is 1.82. The standard InChI is InChI=1S/C20H11Cl2N3O3S/c21-14-5-6-16(22)19(9-14)29(26,27)15(10-23)7-13-11-24-25-20(13)18-8-12-3-1-2-4-17(12)28-18/h1-9,11H,(H,24,25)/b15-7-. The Bertz CT molecular complexity index is 1380. The highest BCUT2D eigenvalue weighted by atomic mass is 35.5. The summed E-state index contributed by atoms with van der Waals surface area (Å²) >= 11 is 11.9. The molecule has 2 heterocycles. The molecule has 0 bridgehead atoms. The lowest BCUT2D eigenvalue weighted by Gasteiger charge is -2.06. The van der Waals surface area contributed by atoms with Crippen LogP contribution >= 0.6 is 23.2 Å². The van der Waals surface area contributed by atoms with Gasteiger partial charge in [0.25, 0.3) is 0 Å². The van der Waals surface area contributed by atoms with Gasteiger partial charge in [-0.2, -0.15) is 10.4 Å². The molecule has 0 radical (unpaired) electrons. The normalized spacial score (nSPS) is 12.2. The predicted molar refractivity (Wildman–Crippen MR) is 111 cm³/mol. The molecular weight excluding hydrogens is 433 g/mol. The molecule has 0 saturated heterocycles. The van der Waals surface area contributed by atoms with Gasteiger partial charge in [-0.05, 0) is 36.4 Å². The molecule has 0 unspecified atom stereocenters. The number of hydrogen-bond donors (Lipinski definition) is 1. The second-order valence-electron chi connectivity index (χ2n) is 6.05. The summed E-state index contributed by atoms with van der Waals surface area (Å²) in [5.41, 5.74) is 1.49. The fourth-order valence-electron chi connectivity index (χ4n) is 2.82. The van der Waals surface area contributed by atoms with Crippen molar-refractivity contribution in [3.05, 3.63) is 75.2 Å². The van der Waals surface area contributed by atoms with Gasteiger partial charge in [0.2, 0.25) is 9.84 Å². The lowest BCUT2D eigenvalue weighted by molar-refractivity contribution is 0.603. The average molecular weight is 444 g/mol. The van der Waals surface area contributed by atoms with Crippen molar-refractivity contribution >= 4 is 50.1 Å². The molecule has 1 N–H and O–H groups in total. The van der Waals surface area contributed by atoms with Crippen LogP contribution < -0.4 is 0 Å². The van der Waals surface area contributed by atoms with Crippen LogP contribution in [0.15, 0.2) is 68.9 Å². The van der Waals surface area contributed by atoms with Gasteiger partial charge >= 0.3 is 0 Å². The smallest absolute Gasteiger partial charge is 0.218 e. The minimum Gasteiger partial charge on any atom is -0.454 e. The number of aromatic nitrogens is 2. The van der Waals surface area contributed by atoms with Crippen molar-refractivity contribution in [1.82, 2.24) is 10.2 Å². The third kappa shape index (κ3) is 3.54. The number of nitrogens with zero attached hydrogens (tertiary/aromatic N) is 2. The van der Waals surface area contributed by atoms with E-state index in [4.69, 9.17) is 27.6 Å². The van der Waals surface area contributed by atoms with E-state index in [-0.39, 0.29) is 14.9 Å². The van der Waals surface area contributed by atoms with Gasteiger partial charge in [-0.3, -0.25) is 5.10 Å². The topological polar surface area (TPSA) is 99.8 Å². The first-order valence-corrected chi connectivity index (χ1v) is 10.5. The van der Waals surface area contributed by atoms with Gasteiger partial charge in [-0.1, -0.05) is 41.4 Å². The average Bonchev–Trinajstić information content (AvgIpc) is 3.33. The van der Waals surface area contributed by atoms with Gasteiger partial charge in [0.15, 0.2) is 5.76 Å². The Morgan fingerprint density at radius 1 is 1.17 bits per heavy atom. The molecule has 4 rings (SSSR count). The van der Waals surface area contributed by atoms with Gasteiger partial charge in [0, 0.05) is 16.0 Å². The molecule has 0 aliphatic heterocycles. The zero-order valence-corrected chi connectivity index (χ0v) is 16.9. The Hall–Kier alpha value is -3.05. The number of rotatable bonds is 4. The maximum atomic E-state index is 13.0. The van der Waals surface area contributed by atoms with Gasteiger partial charge < -0.3 is 4.42 Å². The first-order valence-electron chi connectivity index (χ1n) is 8.24. The molecule has 0 saturated carbocycles. The van der Waals surface area contributed by atoms with Gasteiger partial charge in [0.05, 0.1) is 16.1 Å². The second kappa shape index (κ2) is 7.41. The summed E-state index contributed by atoms with van der Waals surface area (Å²) in [5.74, 6) is 0.463. The number of para-hydroxylation sites is 1. The van der Waals surface area contributed by atoms with E-state index in [1.54, 1.807) is 12.1 Å². The van der Waals surface area contributed by atoms with Crippen molar-refractivity contribution in [3.8, 4) is 17.5 Å². The molecule has 0 amide bonds. The van der Waals surface area contributed by atoms with Crippen LogP contribution in [0.2, 0.25) is 10.0 Å². The van der Waals surface area contributed by atoms with Crippen molar-refractivity contribution in [2.45, 2.75) is 4.90 Å². The number of nitriles is 1. The van der Waals surface area contributed by atoms with Gasteiger partial charge in [-0.15, -0.1) is 0 Å². The maximum absolute atomic E-state index is 13.0. The zero-order chi connectivity index (χ0) is 20.6. The summed E-state index contributed by atoms with van der Waals surface area (Å²) in [6.07, 6.45) is 2.63. The fraction of sp³-hybridized carbons (Fsp3) is 0. The maximum Gasteiger partial charge on any atom is 0.218 e. The van der Waals surface area contributed by atoms with Crippen molar-refractivity contribution in [1.29, 1.82) is 5.26 Å². The molecule has 0 atom stereocenters. The Morgan fingerprint density at radius 3 is 2.72 bits per heavy atom. The summed E-state index contributed by atoms with van der Waals surface area (Å²) in [5, 5.41) is 17.3. The third-order valence-electron chi connectivity index (χ3n) is 4.21. The Labute approximate surface area is 175 Å². The molecule has 0 spiro atoms. The first kappa shape index (κ1) is 19.3. The molecule has 2 aromatic heterocycles. The van der Waals surface area contributed by atoms with Gasteiger partial charge in [-0.25, -0.2) is 8.42 Å². The fourth-order valence-corrected chi connectivity index (χ4v) is 4.73. The highest BCUT2D eigenvalue weighted by molar-refractivity contribution is 7.95. The summed E-state index contributed by atoms with van der Waals surface area (Å²) in [6, 6.07) is 15.0. The number of hydrogen-bond acceptors (Lipinski definition) is 5. The monoisotopic (exact) mass is 443 g/mol. The summed E-state index contributed by atoms with van der Waals surface area (Å²) < 4.78 is 31.7. The van der Waals surface area contributed by atoms with E-state index >= 15 is 0 Å². The van der Waals surface area contributed by atoms with Crippen LogP contribution in [0.25, 0.3) is 28.5 Å². The van der Waals surface area contributed by atoms with Crippen LogP contribution in [0.4, 0.5) is 0 Å². The number of fused-ring (bicyclic) bond motifs is 1. The van der Waals surface area contributed by atoms with E-state index in [0.717, 1.165) is 5.39 Å². The van der Waals surface area contributed by atoms with Crippen molar-refractivity contribution in [2.24, 2.45) is 0 Å². The number of aromatic amines is 1. The molecule has 9 heteroatoms. The number of H-pyrrole nitrogens is 1.